The third-order valence-electron chi connectivity index (χ3n) is 2.74. The van der Waals surface area contributed by atoms with Crippen LogP contribution in [0.25, 0.3) is 5.69 Å². The summed E-state index contributed by atoms with van der Waals surface area (Å²) in [4.78, 5) is 10.5. The SMILES string of the molecule is Cc1cccc(C)c1-n1nnnc1CCC(=O)[O-].[Na+]. The van der Waals surface area contributed by atoms with Crippen LogP contribution in [0.15, 0.2) is 18.2 Å². The van der Waals surface area contributed by atoms with Gasteiger partial charge in [-0.1, -0.05) is 18.2 Å². The van der Waals surface area contributed by atoms with Gasteiger partial charge in [-0.05, 0) is 41.8 Å². The molecule has 2 rings (SSSR count). The minimum atomic E-state index is -1.11. The summed E-state index contributed by atoms with van der Waals surface area (Å²) in [6.07, 6.45) is 0.161. The quantitative estimate of drug-likeness (QED) is 0.551. The summed E-state index contributed by atoms with van der Waals surface area (Å²) in [5.74, 6) is -0.581. The van der Waals surface area contributed by atoms with Gasteiger partial charge in [0.2, 0.25) is 0 Å². The zero-order valence-electron chi connectivity index (χ0n) is 11.3. The molecule has 0 spiro atoms. The molecule has 0 unspecified atom stereocenters. The van der Waals surface area contributed by atoms with E-state index in [-0.39, 0.29) is 42.4 Å². The van der Waals surface area contributed by atoms with Gasteiger partial charge in [0, 0.05) is 12.4 Å². The topological polar surface area (TPSA) is 83.7 Å². The van der Waals surface area contributed by atoms with Gasteiger partial charge < -0.3 is 9.90 Å². The average Bonchev–Trinajstić information content (AvgIpc) is 2.74. The van der Waals surface area contributed by atoms with E-state index in [9.17, 15) is 9.90 Å². The fraction of sp³-hybridized carbons (Fsp3) is 0.333. The fourth-order valence-corrected chi connectivity index (χ4v) is 1.89. The van der Waals surface area contributed by atoms with Gasteiger partial charge in [-0.3, -0.25) is 0 Å². The first-order valence-corrected chi connectivity index (χ1v) is 5.63. The van der Waals surface area contributed by atoms with Crippen LogP contribution in [0.3, 0.4) is 0 Å². The van der Waals surface area contributed by atoms with Crippen LogP contribution in [0.5, 0.6) is 0 Å². The zero-order chi connectivity index (χ0) is 13.1. The van der Waals surface area contributed by atoms with Gasteiger partial charge in [-0.25, -0.2) is 0 Å². The molecule has 1 heterocycles. The van der Waals surface area contributed by atoms with Crippen LogP contribution in [0.1, 0.15) is 23.4 Å². The molecule has 19 heavy (non-hydrogen) atoms. The maximum absolute atomic E-state index is 10.5. The van der Waals surface area contributed by atoms with E-state index in [2.05, 4.69) is 15.5 Å². The van der Waals surface area contributed by atoms with Crippen molar-refractivity contribution in [2.24, 2.45) is 0 Å². The Balaban J connectivity index is 0.00000180. The largest absolute Gasteiger partial charge is 1.00 e. The first-order valence-electron chi connectivity index (χ1n) is 5.63. The third kappa shape index (κ3) is 3.62. The molecule has 6 nitrogen and oxygen atoms in total. The van der Waals surface area contributed by atoms with Gasteiger partial charge in [-0.2, -0.15) is 4.68 Å². The normalized spacial score (nSPS) is 10.0. The Morgan fingerprint density at radius 2 is 1.95 bits per heavy atom. The molecule has 0 aliphatic rings. The molecule has 1 aromatic carbocycles. The summed E-state index contributed by atoms with van der Waals surface area (Å²) >= 11 is 0. The molecule has 0 fully saturated rings. The van der Waals surface area contributed by atoms with Gasteiger partial charge in [0.25, 0.3) is 0 Å². The molecule has 0 aliphatic carbocycles. The van der Waals surface area contributed by atoms with Crippen molar-refractivity contribution >= 4 is 5.97 Å². The van der Waals surface area contributed by atoms with Crippen molar-refractivity contribution in [3.8, 4) is 5.69 Å². The zero-order valence-corrected chi connectivity index (χ0v) is 13.3. The minimum absolute atomic E-state index is 0. The van der Waals surface area contributed by atoms with Crippen molar-refractivity contribution in [1.29, 1.82) is 0 Å². The van der Waals surface area contributed by atoms with Crippen molar-refractivity contribution in [1.82, 2.24) is 20.2 Å². The van der Waals surface area contributed by atoms with Gasteiger partial charge in [0.1, 0.15) is 0 Å². The number of benzene rings is 1. The molecule has 0 aliphatic heterocycles. The number of aryl methyl sites for hydroxylation is 3. The van der Waals surface area contributed by atoms with E-state index in [4.69, 9.17) is 0 Å². The number of carboxylic acids is 1. The third-order valence-corrected chi connectivity index (χ3v) is 2.74. The second-order valence-electron chi connectivity index (χ2n) is 4.12. The summed E-state index contributed by atoms with van der Waals surface area (Å²) in [5, 5.41) is 21.9. The van der Waals surface area contributed by atoms with Gasteiger partial charge in [0.05, 0.1) is 5.69 Å². The second-order valence-corrected chi connectivity index (χ2v) is 4.12. The first kappa shape index (κ1) is 15.8. The molecule has 0 amide bonds. The predicted octanol–water partition coefficient (Wildman–Crippen LogP) is -3.03. The molecular weight excluding hydrogens is 255 g/mol. The molecule has 0 saturated heterocycles. The number of aliphatic carboxylic acids is 1. The van der Waals surface area contributed by atoms with E-state index in [0.29, 0.717) is 5.82 Å². The van der Waals surface area contributed by atoms with Crippen molar-refractivity contribution in [3.05, 3.63) is 35.2 Å². The van der Waals surface area contributed by atoms with Crippen LogP contribution in [0, 0.1) is 13.8 Å². The predicted molar refractivity (Wildman–Crippen MR) is 62.0 cm³/mol. The van der Waals surface area contributed by atoms with Crippen LogP contribution in [-0.2, 0) is 11.2 Å². The number of hydrogen-bond acceptors (Lipinski definition) is 5. The first-order chi connectivity index (χ1) is 8.59. The molecule has 2 aromatic rings. The summed E-state index contributed by atoms with van der Waals surface area (Å²) in [5.41, 5.74) is 2.98. The number of carboxylic acid groups (broad SMARTS) is 1. The Morgan fingerprint density at radius 3 is 2.53 bits per heavy atom. The molecule has 1 aromatic heterocycles. The smallest absolute Gasteiger partial charge is 0.550 e. The Kier molecular flexibility index (Phi) is 5.65. The number of tetrazole rings is 1. The minimum Gasteiger partial charge on any atom is -0.550 e. The number of nitrogens with zero attached hydrogens (tertiary/aromatic N) is 4. The van der Waals surface area contributed by atoms with Crippen molar-refractivity contribution in [3.63, 3.8) is 0 Å². The number of hydrogen-bond donors (Lipinski definition) is 0. The number of para-hydroxylation sites is 1. The summed E-state index contributed by atoms with van der Waals surface area (Å²) in [7, 11) is 0. The van der Waals surface area contributed by atoms with Crippen LogP contribution in [0.2, 0.25) is 0 Å². The molecule has 94 valence electrons. The standard InChI is InChI=1S/C12H14N4O2.Na/c1-8-4-3-5-9(2)12(8)16-10(13-14-15-16)6-7-11(17)18;/h3-5H,6-7H2,1-2H3,(H,17,18);/q;+1/p-1. The van der Waals surface area contributed by atoms with Crippen molar-refractivity contribution in [2.75, 3.05) is 0 Å². The Morgan fingerprint density at radius 1 is 1.32 bits per heavy atom. The average molecular weight is 268 g/mol. The van der Waals surface area contributed by atoms with E-state index >= 15 is 0 Å². The fourth-order valence-electron chi connectivity index (χ4n) is 1.89. The molecule has 0 bridgehead atoms. The second kappa shape index (κ2) is 6.79. The van der Waals surface area contributed by atoms with Crippen LogP contribution < -0.4 is 34.7 Å². The van der Waals surface area contributed by atoms with E-state index in [1.54, 1.807) is 4.68 Å². The Labute approximate surface area is 133 Å². The number of carbonyl (C=O) groups excluding carboxylic acids is 1. The number of rotatable bonds is 4. The van der Waals surface area contributed by atoms with Crippen LogP contribution in [0.4, 0.5) is 0 Å². The van der Waals surface area contributed by atoms with Gasteiger partial charge in [0.15, 0.2) is 5.82 Å². The van der Waals surface area contributed by atoms with Crippen LogP contribution in [-0.4, -0.2) is 26.2 Å². The van der Waals surface area contributed by atoms with E-state index < -0.39 is 5.97 Å². The maximum atomic E-state index is 10.5. The number of carbonyl (C=O) groups is 1. The number of aromatic nitrogens is 4. The molecule has 7 heteroatoms. The summed E-state index contributed by atoms with van der Waals surface area (Å²) in [6, 6.07) is 5.89. The molecule has 0 saturated carbocycles. The Hall–Kier alpha value is -1.24. The molecular formula is C12H13N4NaO2. The van der Waals surface area contributed by atoms with Crippen LogP contribution >= 0.6 is 0 Å². The van der Waals surface area contributed by atoms with E-state index in [0.717, 1.165) is 16.8 Å². The monoisotopic (exact) mass is 268 g/mol. The van der Waals surface area contributed by atoms with Crippen molar-refractivity contribution in [2.45, 2.75) is 26.7 Å². The van der Waals surface area contributed by atoms with Gasteiger partial charge in [-0.15, -0.1) is 5.10 Å². The molecule has 0 atom stereocenters. The maximum Gasteiger partial charge on any atom is 1.00 e. The van der Waals surface area contributed by atoms with Gasteiger partial charge >= 0.3 is 29.6 Å². The Bertz CT molecular complexity index is 563. The van der Waals surface area contributed by atoms with E-state index in [1.807, 2.05) is 32.0 Å². The summed E-state index contributed by atoms with van der Waals surface area (Å²) in [6.45, 7) is 3.93. The van der Waals surface area contributed by atoms with Crippen molar-refractivity contribution < 1.29 is 39.5 Å². The summed E-state index contributed by atoms with van der Waals surface area (Å²) < 4.78 is 1.59. The molecule has 0 radical (unpaired) electrons. The molecule has 0 N–H and O–H groups in total. The van der Waals surface area contributed by atoms with E-state index in [1.165, 1.54) is 0 Å².